The predicted molar refractivity (Wildman–Crippen MR) is 96.2 cm³/mol. The third-order valence-electron chi connectivity index (χ3n) is 4.94. The smallest absolute Gasteiger partial charge is 0.265 e. The van der Waals surface area contributed by atoms with Crippen LogP contribution in [0, 0.1) is 0 Å². The van der Waals surface area contributed by atoms with Gasteiger partial charge in [-0.25, -0.2) is 8.42 Å². The molecule has 1 aromatic rings. The van der Waals surface area contributed by atoms with Crippen molar-refractivity contribution in [2.24, 2.45) is 0 Å². The Bertz CT molecular complexity index is 747. The molecule has 7 heteroatoms. The minimum atomic E-state index is -3.56. The van der Waals surface area contributed by atoms with Gasteiger partial charge in [-0.3, -0.25) is 4.79 Å². The quantitative estimate of drug-likeness (QED) is 0.869. The maximum Gasteiger partial charge on any atom is 0.265 e. The van der Waals surface area contributed by atoms with Crippen LogP contribution in [-0.4, -0.2) is 37.3 Å². The Morgan fingerprint density at radius 3 is 2.84 bits per heavy atom. The van der Waals surface area contributed by atoms with Crippen LogP contribution in [0.3, 0.4) is 0 Å². The van der Waals surface area contributed by atoms with Gasteiger partial charge in [0.1, 0.15) is 5.75 Å². The fourth-order valence-electron chi connectivity index (χ4n) is 3.43. The third-order valence-corrected chi connectivity index (χ3v) is 6.95. The Kier molecular flexibility index (Phi) is 5.34. The van der Waals surface area contributed by atoms with E-state index in [0.717, 1.165) is 32.1 Å². The molecule has 2 aliphatic heterocycles. The van der Waals surface area contributed by atoms with Crippen LogP contribution < -0.4 is 10.1 Å². The number of carbonyl (C=O) groups excluding carboxylic acids is 1. The summed E-state index contributed by atoms with van der Waals surface area (Å²) >= 11 is 0. The molecule has 0 aromatic heterocycles. The number of hydrogen-bond acceptors (Lipinski definition) is 4. The highest BCUT2D eigenvalue weighted by atomic mass is 32.2. The molecule has 3 rings (SSSR count). The van der Waals surface area contributed by atoms with Crippen molar-refractivity contribution in [1.29, 1.82) is 0 Å². The molecule has 0 radical (unpaired) electrons. The number of ether oxygens (including phenoxy) is 1. The fraction of sp³-hybridized carbons (Fsp3) is 0.611. The fourth-order valence-corrected chi connectivity index (χ4v) is 5.16. The summed E-state index contributed by atoms with van der Waals surface area (Å²) in [7, 11) is -3.56. The zero-order valence-corrected chi connectivity index (χ0v) is 15.6. The molecule has 0 spiro atoms. The predicted octanol–water partition coefficient (Wildman–Crippen LogP) is 3.14. The first-order valence-electron chi connectivity index (χ1n) is 9.07. The van der Waals surface area contributed by atoms with Gasteiger partial charge >= 0.3 is 0 Å². The molecule has 25 heavy (non-hydrogen) atoms. The average Bonchev–Trinajstić information content (AvgIpc) is 2.59. The number of rotatable bonds is 5. The normalized spacial score (nSPS) is 24.3. The van der Waals surface area contributed by atoms with Crippen molar-refractivity contribution < 1.29 is 17.9 Å². The molecule has 2 aliphatic rings. The Morgan fingerprint density at radius 1 is 1.32 bits per heavy atom. The van der Waals surface area contributed by atoms with Gasteiger partial charge in [-0.15, -0.1) is 0 Å². The third kappa shape index (κ3) is 3.67. The van der Waals surface area contributed by atoms with E-state index in [1.54, 1.807) is 16.4 Å². The second-order valence-corrected chi connectivity index (χ2v) is 8.75. The second kappa shape index (κ2) is 7.33. The van der Waals surface area contributed by atoms with Gasteiger partial charge in [0, 0.05) is 12.6 Å². The van der Waals surface area contributed by atoms with Gasteiger partial charge < -0.3 is 10.1 Å². The van der Waals surface area contributed by atoms with Gasteiger partial charge in [-0.05, 0) is 50.8 Å². The maximum atomic E-state index is 12.9. The highest BCUT2D eigenvalue weighted by molar-refractivity contribution is 7.89. The zero-order chi connectivity index (χ0) is 18.0. The molecule has 1 N–H and O–H groups in total. The molecule has 1 saturated heterocycles. The lowest BCUT2D eigenvalue weighted by atomic mass is 10.1. The van der Waals surface area contributed by atoms with E-state index in [1.807, 2.05) is 6.92 Å². The van der Waals surface area contributed by atoms with Crippen LogP contribution >= 0.6 is 0 Å². The molecule has 0 saturated carbocycles. The molecule has 2 heterocycles. The molecule has 0 bridgehead atoms. The van der Waals surface area contributed by atoms with Crippen molar-refractivity contribution in [3.8, 4) is 5.75 Å². The lowest BCUT2D eigenvalue weighted by molar-refractivity contribution is -0.123. The van der Waals surface area contributed by atoms with Crippen LogP contribution in [-0.2, 0) is 14.8 Å². The Balaban J connectivity index is 1.84. The number of fused-ring (bicyclic) bond motifs is 1. The first-order chi connectivity index (χ1) is 11.9. The minimum absolute atomic E-state index is 0.000882. The molecule has 138 valence electrons. The van der Waals surface area contributed by atoms with Crippen LogP contribution in [0.5, 0.6) is 5.75 Å². The SMILES string of the molecule is CCCC[C@H]1Oc2ccc(S(=O)(=O)N3CCCC[C@H]3C)cc2NC1=O. The first-order valence-corrected chi connectivity index (χ1v) is 10.5. The number of benzene rings is 1. The molecule has 1 amide bonds. The summed E-state index contributed by atoms with van der Waals surface area (Å²) < 4.78 is 33.2. The van der Waals surface area contributed by atoms with Crippen molar-refractivity contribution in [3.05, 3.63) is 18.2 Å². The van der Waals surface area contributed by atoms with E-state index in [-0.39, 0.29) is 16.8 Å². The highest BCUT2D eigenvalue weighted by Gasteiger charge is 2.33. The summed E-state index contributed by atoms with van der Waals surface area (Å²) in [5, 5.41) is 2.80. The summed E-state index contributed by atoms with van der Waals surface area (Å²) in [5.74, 6) is 0.327. The van der Waals surface area contributed by atoms with Crippen molar-refractivity contribution in [2.75, 3.05) is 11.9 Å². The minimum Gasteiger partial charge on any atom is -0.478 e. The number of anilines is 1. The van der Waals surface area contributed by atoms with Gasteiger partial charge in [0.25, 0.3) is 5.91 Å². The number of carbonyl (C=O) groups is 1. The molecule has 1 aromatic carbocycles. The van der Waals surface area contributed by atoms with Gasteiger partial charge in [0.15, 0.2) is 6.10 Å². The molecule has 2 atom stereocenters. The number of nitrogens with one attached hydrogen (secondary N) is 1. The molecule has 6 nitrogen and oxygen atoms in total. The number of nitrogens with zero attached hydrogens (tertiary/aromatic N) is 1. The van der Waals surface area contributed by atoms with Gasteiger partial charge in [0.2, 0.25) is 10.0 Å². The molecule has 1 fully saturated rings. The van der Waals surface area contributed by atoms with E-state index in [2.05, 4.69) is 12.2 Å². The molecule has 0 aliphatic carbocycles. The number of amides is 1. The van der Waals surface area contributed by atoms with Crippen molar-refractivity contribution in [1.82, 2.24) is 4.31 Å². The highest BCUT2D eigenvalue weighted by Crippen LogP contribution is 2.34. The van der Waals surface area contributed by atoms with E-state index in [1.165, 1.54) is 6.07 Å². The molecular formula is C18H26N2O4S. The van der Waals surface area contributed by atoms with Gasteiger partial charge in [0.05, 0.1) is 10.6 Å². The van der Waals surface area contributed by atoms with E-state index in [9.17, 15) is 13.2 Å². The summed E-state index contributed by atoms with van der Waals surface area (Å²) in [6.45, 7) is 4.55. The lowest BCUT2D eigenvalue weighted by Crippen LogP contribution is -2.42. The Labute approximate surface area is 149 Å². The monoisotopic (exact) mass is 366 g/mol. The van der Waals surface area contributed by atoms with Crippen molar-refractivity contribution >= 4 is 21.6 Å². The number of piperidine rings is 1. The van der Waals surface area contributed by atoms with Gasteiger partial charge in [-0.1, -0.05) is 19.8 Å². The van der Waals surface area contributed by atoms with E-state index >= 15 is 0 Å². The molecular weight excluding hydrogens is 340 g/mol. The maximum absolute atomic E-state index is 12.9. The average molecular weight is 366 g/mol. The first kappa shape index (κ1) is 18.2. The van der Waals surface area contributed by atoms with Crippen LogP contribution in [0.25, 0.3) is 0 Å². The number of sulfonamides is 1. The summed E-state index contributed by atoms with van der Waals surface area (Å²) in [6, 6.07) is 4.73. The topological polar surface area (TPSA) is 75.7 Å². The van der Waals surface area contributed by atoms with Crippen molar-refractivity contribution in [2.45, 2.75) is 69.4 Å². The molecule has 0 unspecified atom stereocenters. The van der Waals surface area contributed by atoms with Crippen LogP contribution in [0.2, 0.25) is 0 Å². The number of unbranched alkanes of at least 4 members (excludes halogenated alkanes) is 1. The standard InChI is InChI=1S/C18H26N2O4S/c1-3-4-8-17-18(21)19-15-12-14(9-10-16(15)24-17)25(22,23)20-11-6-5-7-13(20)2/h9-10,12-13,17H,3-8,11H2,1-2H3,(H,19,21)/t13-,17-/m1/s1. The Morgan fingerprint density at radius 2 is 2.12 bits per heavy atom. The van der Waals surface area contributed by atoms with E-state index in [4.69, 9.17) is 4.74 Å². The van der Waals surface area contributed by atoms with Crippen molar-refractivity contribution in [3.63, 3.8) is 0 Å². The van der Waals surface area contributed by atoms with E-state index in [0.29, 0.717) is 24.4 Å². The summed E-state index contributed by atoms with van der Waals surface area (Å²) in [5.41, 5.74) is 0.434. The Hall–Kier alpha value is -1.60. The van der Waals surface area contributed by atoms with Crippen LogP contribution in [0.15, 0.2) is 23.1 Å². The van der Waals surface area contributed by atoms with Crippen LogP contribution in [0.4, 0.5) is 5.69 Å². The number of hydrogen-bond donors (Lipinski definition) is 1. The van der Waals surface area contributed by atoms with Crippen LogP contribution in [0.1, 0.15) is 52.4 Å². The van der Waals surface area contributed by atoms with E-state index < -0.39 is 16.1 Å². The summed E-state index contributed by atoms with van der Waals surface area (Å²) in [6.07, 6.45) is 4.87. The van der Waals surface area contributed by atoms with Gasteiger partial charge in [-0.2, -0.15) is 4.31 Å². The summed E-state index contributed by atoms with van der Waals surface area (Å²) in [4.78, 5) is 12.4. The second-order valence-electron chi connectivity index (χ2n) is 6.86. The lowest BCUT2D eigenvalue weighted by Gasteiger charge is -2.32. The largest absolute Gasteiger partial charge is 0.478 e. The zero-order valence-electron chi connectivity index (χ0n) is 14.8.